The fourth-order valence-electron chi connectivity index (χ4n) is 2.20. The molecular weight excluding hydrogens is 268 g/mol. The first-order valence-electron chi connectivity index (χ1n) is 6.06. The third-order valence-electron chi connectivity index (χ3n) is 3.28. The van der Waals surface area contributed by atoms with E-state index in [4.69, 9.17) is 4.74 Å². The first-order valence-corrected chi connectivity index (χ1v) is 6.06. The predicted molar refractivity (Wildman–Crippen MR) is 69.1 cm³/mol. The number of rotatable bonds is 3. The smallest absolute Gasteiger partial charge is 0.330 e. The van der Waals surface area contributed by atoms with Gasteiger partial charge in [-0.2, -0.15) is 0 Å². The third kappa shape index (κ3) is 2.12. The quantitative estimate of drug-likeness (QED) is 0.507. The van der Waals surface area contributed by atoms with Crippen molar-refractivity contribution < 1.29 is 20.1 Å². The van der Waals surface area contributed by atoms with Gasteiger partial charge in [-0.15, -0.1) is 0 Å². The number of aromatic amines is 1. The van der Waals surface area contributed by atoms with E-state index in [1.54, 1.807) is 13.0 Å². The summed E-state index contributed by atoms with van der Waals surface area (Å²) in [6.45, 7) is 0.736. The van der Waals surface area contributed by atoms with Gasteiger partial charge in [0.1, 0.15) is 12.2 Å². The topological polar surface area (TPSA) is 125 Å². The molecule has 1 saturated heterocycles. The summed E-state index contributed by atoms with van der Waals surface area (Å²) in [5, 5.41) is 29.0. The zero-order valence-electron chi connectivity index (χ0n) is 10.8. The zero-order chi connectivity index (χ0) is 14.9. The van der Waals surface area contributed by atoms with E-state index in [0.29, 0.717) is 0 Å². The number of aliphatic hydroxyl groups is 3. The van der Waals surface area contributed by atoms with E-state index in [2.05, 4.69) is 4.98 Å². The molecule has 0 amide bonds. The van der Waals surface area contributed by atoms with E-state index in [0.717, 1.165) is 4.57 Å². The number of ether oxygens (including phenoxy) is 1. The van der Waals surface area contributed by atoms with Gasteiger partial charge in [-0.25, -0.2) is 4.79 Å². The molecule has 0 unspecified atom stereocenters. The molecule has 20 heavy (non-hydrogen) atoms. The van der Waals surface area contributed by atoms with Crippen LogP contribution in [0.5, 0.6) is 0 Å². The number of hydrogen-bond donors (Lipinski definition) is 4. The van der Waals surface area contributed by atoms with E-state index < -0.39 is 35.8 Å². The lowest BCUT2D eigenvalue weighted by Crippen LogP contribution is -2.54. The summed E-state index contributed by atoms with van der Waals surface area (Å²) in [4.78, 5) is 25.6. The van der Waals surface area contributed by atoms with Crippen LogP contribution in [0.3, 0.4) is 0 Å². The lowest BCUT2D eigenvalue weighted by molar-refractivity contribution is -0.154. The molecule has 0 aromatic carbocycles. The minimum atomic E-state index is -1.81. The molecule has 1 aromatic rings. The Bertz CT molecular complexity index is 634. The van der Waals surface area contributed by atoms with Gasteiger partial charge < -0.3 is 20.1 Å². The number of hydrogen-bond acceptors (Lipinski definition) is 6. The molecule has 0 saturated carbocycles. The van der Waals surface area contributed by atoms with Crippen LogP contribution in [0.1, 0.15) is 12.5 Å². The van der Waals surface area contributed by atoms with Gasteiger partial charge >= 0.3 is 5.69 Å². The van der Waals surface area contributed by atoms with Gasteiger partial charge in [-0.05, 0) is 6.92 Å². The lowest BCUT2D eigenvalue weighted by atomic mass is 10.1. The maximum Gasteiger partial charge on any atom is 0.330 e. The van der Waals surface area contributed by atoms with Crippen LogP contribution in [0.2, 0.25) is 0 Å². The minimum absolute atomic E-state index is 0.164. The highest BCUT2D eigenvalue weighted by Crippen LogP contribution is 2.30. The van der Waals surface area contributed by atoms with Crippen molar-refractivity contribution in [1.82, 2.24) is 9.55 Å². The average molecular weight is 284 g/mol. The summed E-state index contributed by atoms with van der Waals surface area (Å²) in [5.41, 5.74) is -3.08. The van der Waals surface area contributed by atoms with Crippen LogP contribution in [0.25, 0.3) is 6.08 Å². The van der Waals surface area contributed by atoms with Gasteiger partial charge in [0.2, 0.25) is 5.72 Å². The third-order valence-corrected chi connectivity index (χ3v) is 3.28. The molecule has 8 heteroatoms. The predicted octanol–water partition coefficient (Wildman–Crippen LogP) is -2.03. The molecule has 1 aliphatic heterocycles. The van der Waals surface area contributed by atoms with Crippen molar-refractivity contribution >= 4 is 6.08 Å². The van der Waals surface area contributed by atoms with Crippen LogP contribution in [-0.4, -0.2) is 50.3 Å². The summed E-state index contributed by atoms with van der Waals surface area (Å²) in [5.74, 6) is 0. The van der Waals surface area contributed by atoms with Crippen LogP contribution in [-0.2, 0) is 10.5 Å². The molecule has 2 rings (SSSR count). The Morgan fingerprint density at radius 3 is 2.75 bits per heavy atom. The second-order valence-corrected chi connectivity index (χ2v) is 4.54. The Morgan fingerprint density at radius 2 is 2.25 bits per heavy atom. The Kier molecular flexibility index (Phi) is 3.91. The molecule has 1 aliphatic rings. The van der Waals surface area contributed by atoms with Crippen LogP contribution in [0.15, 0.2) is 21.9 Å². The van der Waals surface area contributed by atoms with E-state index in [-0.39, 0.29) is 12.2 Å². The van der Waals surface area contributed by atoms with Crippen molar-refractivity contribution in [2.45, 2.75) is 24.9 Å². The van der Waals surface area contributed by atoms with E-state index in [9.17, 15) is 24.9 Å². The van der Waals surface area contributed by atoms with Crippen molar-refractivity contribution in [3.05, 3.63) is 38.7 Å². The highest BCUT2D eigenvalue weighted by molar-refractivity contribution is 5.45. The molecule has 110 valence electrons. The van der Waals surface area contributed by atoms with Crippen molar-refractivity contribution in [3.8, 4) is 0 Å². The summed E-state index contributed by atoms with van der Waals surface area (Å²) >= 11 is 0. The Hall–Kier alpha value is -1.74. The second kappa shape index (κ2) is 5.33. The largest absolute Gasteiger partial charge is 0.391 e. The van der Waals surface area contributed by atoms with Crippen LogP contribution >= 0.6 is 0 Å². The molecule has 8 nitrogen and oxygen atoms in total. The molecule has 4 N–H and O–H groups in total. The number of aromatic nitrogens is 2. The SMILES string of the molecule is CC=Cc1cn([C@@]2(CO)OC[C@@H](O)[C@@H]2O)c(=O)[nH]c1=O. The minimum Gasteiger partial charge on any atom is -0.391 e. The standard InChI is InChI=1S/C12H16N2O6/c1-2-3-7-4-14(11(19)13-10(7)18)12(6-15)9(17)8(16)5-20-12/h2-4,8-9,15-17H,5-6H2,1H3,(H,13,18,19)/t8-,9+,12+/m1/s1. The average Bonchev–Trinajstić information content (AvgIpc) is 2.71. The molecular formula is C12H16N2O6. The van der Waals surface area contributed by atoms with Gasteiger partial charge in [0.05, 0.1) is 18.8 Å². The van der Waals surface area contributed by atoms with Gasteiger partial charge in [0.15, 0.2) is 0 Å². The first kappa shape index (κ1) is 14.7. The highest BCUT2D eigenvalue weighted by atomic mass is 16.6. The number of H-pyrrole nitrogens is 1. The summed E-state index contributed by atoms with van der Waals surface area (Å²) in [7, 11) is 0. The summed E-state index contributed by atoms with van der Waals surface area (Å²) in [6, 6.07) is 0. The Balaban J connectivity index is 2.65. The van der Waals surface area contributed by atoms with Crippen LogP contribution in [0.4, 0.5) is 0 Å². The maximum absolute atomic E-state index is 11.9. The van der Waals surface area contributed by atoms with Gasteiger partial charge in [-0.3, -0.25) is 14.3 Å². The van der Waals surface area contributed by atoms with Crippen molar-refractivity contribution in [2.75, 3.05) is 13.2 Å². The number of allylic oxidation sites excluding steroid dienone is 1. The first-order chi connectivity index (χ1) is 9.46. The van der Waals surface area contributed by atoms with Crippen LogP contribution in [0, 0.1) is 0 Å². The second-order valence-electron chi connectivity index (χ2n) is 4.54. The van der Waals surface area contributed by atoms with E-state index in [1.807, 2.05) is 0 Å². The monoisotopic (exact) mass is 284 g/mol. The van der Waals surface area contributed by atoms with Crippen molar-refractivity contribution in [1.29, 1.82) is 0 Å². The Morgan fingerprint density at radius 1 is 1.55 bits per heavy atom. The normalized spacial score (nSPS) is 30.2. The van der Waals surface area contributed by atoms with E-state index in [1.165, 1.54) is 12.3 Å². The fourth-order valence-corrected chi connectivity index (χ4v) is 2.20. The molecule has 0 radical (unpaired) electrons. The number of aliphatic hydroxyl groups excluding tert-OH is 3. The molecule has 2 heterocycles. The Labute approximate surface area is 113 Å². The molecule has 1 aromatic heterocycles. The number of nitrogens with one attached hydrogen (secondary N) is 1. The maximum atomic E-state index is 11.9. The highest BCUT2D eigenvalue weighted by Gasteiger charge is 2.51. The molecule has 0 bridgehead atoms. The molecule has 3 atom stereocenters. The van der Waals surface area contributed by atoms with E-state index >= 15 is 0 Å². The zero-order valence-corrected chi connectivity index (χ0v) is 10.8. The van der Waals surface area contributed by atoms with Gasteiger partial charge in [0.25, 0.3) is 5.56 Å². The van der Waals surface area contributed by atoms with Gasteiger partial charge in [0, 0.05) is 6.20 Å². The van der Waals surface area contributed by atoms with Crippen molar-refractivity contribution in [2.24, 2.45) is 0 Å². The summed E-state index contributed by atoms with van der Waals surface area (Å²) in [6.07, 6.45) is 1.53. The number of nitrogens with zero attached hydrogens (tertiary/aromatic N) is 1. The summed E-state index contributed by atoms with van der Waals surface area (Å²) < 4.78 is 6.11. The molecule has 1 fully saturated rings. The van der Waals surface area contributed by atoms with Gasteiger partial charge in [-0.1, -0.05) is 12.2 Å². The fraction of sp³-hybridized carbons (Fsp3) is 0.500. The lowest BCUT2D eigenvalue weighted by Gasteiger charge is -2.31. The van der Waals surface area contributed by atoms with Crippen LogP contribution < -0.4 is 11.2 Å². The van der Waals surface area contributed by atoms with Crippen molar-refractivity contribution in [3.63, 3.8) is 0 Å². The molecule has 0 spiro atoms. The molecule has 0 aliphatic carbocycles.